The second kappa shape index (κ2) is 9.59. The third kappa shape index (κ3) is 5.52. The van der Waals surface area contributed by atoms with Crippen molar-refractivity contribution >= 4 is 5.82 Å². The molecular formula is C17H31N3O. The Morgan fingerprint density at radius 1 is 1.14 bits per heavy atom. The van der Waals surface area contributed by atoms with Crippen LogP contribution in [0, 0.1) is 12.8 Å². The van der Waals surface area contributed by atoms with Gasteiger partial charge in [0, 0.05) is 13.0 Å². The first-order chi connectivity index (χ1) is 10.2. The summed E-state index contributed by atoms with van der Waals surface area (Å²) in [4.78, 5) is 9.08. The molecule has 1 heterocycles. The zero-order valence-electron chi connectivity index (χ0n) is 14.3. The van der Waals surface area contributed by atoms with E-state index in [9.17, 15) is 0 Å². The van der Waals surface area contributed by atoms with Crippen LogP contribution < -0.4 is 10.1 Å². The molecule has 120 valence electrons. The van der Waals surface area contributed by atoms with E-state index in [1.807, 2.05) is 6.92 Å². The van der Waals surface area contributed by atoms with Crippen LogP contribution >= 0.6 is 0 Å². The summed E-state index contributed by atoms with van der Waals surface area (Å²) in [6.07, 6.45) is 5.73. The van der Waals surface area contributed by atoms with Crippen LogP contribution in [0.4, 0.5) is 5.82 Å². The van der Waals surface area contributed by atoms with Crippen molar-refractivity contribution in [2.24, 2.45) is 5.92 Å². The first-order valence-corrected chi connectivity index (χ1v) is 8.40. The third-order valence-corrected chi connectivity index (χ3v) is 3.81. The average molecular weight is 293 g/mol. The highest BCUT2D eigenvalue weighted by Gasteiger charge is 2.13. The van der Waals surface area contributed by atoms with Crippen molar-refractivity contribution in [2.45, 2.75) is 66.7 Å². The maximum atomic E-state index is 6.03. The van der Waals surface area contributed by atoms with Crippen LogP contribution in [0.5, 0.6) is 5.88 Å². The molecule has 21 heavy (non-hydrogen) atoms. The topological polar surface area (TPSA) is 47.0 Å². The number of aryl methyl sites for hydroxylation is 1. The number of nitrogens with zero attached hydrogens (tertiary/aromatic N) is 2. The molecule has 0 aromatic carbocycles. The van der Waals surface area contributed by atoms with Gasteiger partial charge in [0.25, 0.3) is 0 Å². The molecule has 1 aromatic rings. The van der Waals surface area contributed by atoms with Crippen LogP contribution in [0.1, 0.15) is 64.8 Å². The molecule has 0 aliphatic carbocycles. The Hall–Kier alpha value is -1.32. The zero-order chi connectivity index (χ0) is 15.7. The Morgan fingerprint density at radius 2 is 1.90 bits per heavy atom. The van der Waals surface area contributed by atoms with E-state index in [-0.39, 0.29) is 0 Å². The molecule has 1 N–H and O–H groups in total. The lowest BCUT2D eigenvalue weighted by molar-refractivity contribution is 0.224. The first-order valence-electron chi connectivity index (χ1n) is 8.40. The highest BCUT2D eigenvalue weighted by molar-refractivity contribution is 5.48. The molecule has 0 aliphatic heterocycles. The zero-order valence-corrected chi connectivity index (χ0v) is 14.3. The van der Waals surface area contributed by atoms with Crippen molar-refractivity contribution < 1.29 is 4.74 Å². The SMILES string of the molecule is CCCCC(CC)COc1nc(CC)nc(NCC)c1C. The fourth-order valence-electron chi connectivity index (χ4n) is 2.27. The molecule has 1 atom stereocenters. The van der Waals surface area contributed by atoms with Gasteiger partial charge in [-0.25, -0.2) is 4.98 Å². The van der Waals surface area contributed by atoms with Crippen molar-refractivity contribution in [3.8, 4) is 5.88 Å². The van der Waals surface area contributed by atoms with Gasteiger partial charge in [-0.3, -0.25) is 0 Å². The van der Waals surface area contributed by atoms with Crippen LogP contribution in [0.3, 0.4) is 0 Å². The highest BCUT2D eigenvalue weighted by atomic mass is 16.5. The van der Waals surface area contributed by atoms with Crippen molar-refractivity contribution in [1.82, 2.24) is 9.97 Å². The molecule has 1 rings (SSSR count). The number of hydrogen-bond acceptors (Lipinski definition) is 4. The molecule has 0 saturated carbocycles. The van der Waals surface area contributed by atoms with Crippen molar-refractivity contribution in [1.29, 1.82) is 0 Å². The van der Waals surface area contributed by atoms with Crippen LogP contribution in [-0.2, 0) is 6.42 Å². The number of ether oxygens (including phenoxy) is 1. The smallest absolute Gasteiger partial charge is 0.221 e. The Balaban J connectivity index is 2.78. The van der Waals surface area contributed by atoms with Crippen LogP contribution in [0.15, 0.2) is 0 Å². The van der Waals surface area contributed by atoms with E-state index >= 15 is 0 Å². The van der Waals surface area contributed by atoms with Crippen molar-refractivity contribution in [3.05, 3.63) is 11.4 Å². The molecule has 0 spiro atoms. The van der Waals surface area contributed by atoms with Gasteiger partial charge >= 0.3 is 0 Å². The Labute approximate surface area is 129 Å². The second-order valence-corrected chi connectivity index (χ2v) is 5.53. The van der Waals surface area contributed by atoms with Crippen LogP contribution in [0.25, 0.3) is 0 Å². The van der Waals surface area contributed by atoms with Crippen molar-refractivity contribution in [2.75, 3.05) is 18.5 Å². The monoisotopic (exact) mass is 293 g/mol. The first kappa shape index (κ1) is 17.7. The quantitative estimate of drug-likeness (QED) is 0.695. The van der Waals surface area contributed by atoms with Gasteiger partial charge < -0.3 is 10.1 Å². The van der Waals surface area contributed by atoms with Gasteiger partial charge in [0.2, 0.25) is 5.88 Å². The minimum absolute atomic E-state index is 0.618. The minimum Gasteiger partial charge on any atom is -0.477 e. The maximum Gasteiger partial charge on any atom is 0.221 e. The molecule has 0 saturated heterocycles. The van der Waals surface area contributed by atoms with E-state index in [2.05, 4.69) is 43.0 Å². The number of hydrogen-bond donors (Lipinski definition) is 1. The third-order valence-electron chi connectivity index (χ3n) is 3.81. The molecule has 1 unspecified atom stereocenters. The van der Waals surface area contributed by atoms with Gasteiger partial charge in [0.1, 0.15) is 11.6 Å². The Morgan fingerprint density at radius 3 is 2.48 bits per heavy atom. The summed E-state index contributed by atoms with van der Waals surface area (Å²) < 4.78 is 6.03. The maximum absolute atomic E-state index is 6.03. The lowest BCUT2D eigenvalue weighted by Crippen LogP contribution is -2.14. The van der Waals surface area contributed by atoms with Gasteiger partial charge in [-0.2, -0.15) is 4.98 Å². The Kier molecular flexibility index (Phi) is 8.09. The molecule has 4 heteroatoms. The van der Waals surface area contributed by atoms with Gasteiger partial charge in [-0.05, 0) is 26.2 Å². The van der Waals surface area contributed by atoms with Crippen LogP contribution in [-0.4, -0.2) is 23.1 Å². The normalized spacial score (nSPS) is 12.2. The predicted octanol–water partition coefficient (Wildman–Crippen LogP) is 4.37. The van der Waals surface area contributed by atoms with Gasteiger partial charge in [-0.1, -0.05) is 40.0 Å². The summed E-state index contributed by atoms with van der Waals surface area (Å²) in [7, 11) is 0. The molecule has 1 aromatic heterocycles. The standard InChI is InChI=1S/C17H31N3O/c1-6-10-11-14(7-2)12-21-17-13(5)16(18-9-4)19-15(8-3)20-17/h14H,6-12H2,1-5H3,(H,18,19,20). The summed E-state index contributed by atoms with van der Waals surface area (Å²) in [6.45, 7) is 12.2. The summed E-state index contributed by atoms with van der Waals surface area (Å²) in [6, 6.07) is 0. The van der Waals surface area contributed by atoms with Gasteiger partial charge in [0.05, 0.1) is 12.2 Å². The molecule has 0 aliphatic rings. The Bertz CT molecular complexity index is 421. The van der Waals surface area contributed by atoms with E-state index in [1.54, 1.807) is 0 Å². The van der Waals surface area contributed by atoms with E-state index in [0.29, 0.717) is 5.92 Å². The van der Waals surface area contributed by atoms with E-state index in [4.69, 9.17) is 4.74 Å². The number of aromatic nitrogens is 2. The average Bonchev–Trinajstić information content (AvgIpc) is 2.50. The van der Waals surface area contributed by atoms with Gasteiger partial charge in [0.15, 0.2) is 0 Å². The lowest BCUT2D eigenvalue weighted by atomic mass is 10.0. The van der Waals surface area contributed by atoms with Crippen LogP contribution in [0.2, 0.25) is 0 Å². The van der Waals surface area contributed by atoms with Gasteiger partial charge in [-0.15, -0.1) is 0 Å². The summed E-state index contributed by atoms with van der Waals surface area (Å²) >= 11 is 0. The molecule has 0 fully saturated rings. The lowest BCUT2D eigenvalue weighted by Gasteiger charge is -2.18. The van der Waals surface area contributed by atoms with E-state index < -0.39 is 0 Å². The number of unbranched alkanes of at least 4 members (excludes halogenated alkanes) is 1. The van der Waals surface area contributed by atoms with E-state index in [0.717, 1.165) is 49.1 Å². The fraction of sp³-hybridized carbons (Fsp3) is 0.765. The number of rotatable bonds is 10. The minimum atomic E-state index is 0.618. The highest BCUT2D eigenvalue weighted by Crippen LogP contribution is 2.24. The number of nitrogens with one attached hydrogen (secondary N) is 1. The van der Waals surface area contributed by atoms with E-state index in [1.165, 1.54) is 19.3 Å². The summed E-state index contributed by atoms with van der Waals surface area (Å²) in [5, 5.41) is 3.30. The van der Waals surface area contributed by atoms with Crippen molar-refractivity contribution in [3.63, 3.8) is 0 Å². The molecule has 0 bridgehead atoms. The summed E-state index contributed by atoms with van der Waals surface area (Å²) in [5.41, 5.74) is 1.01. The number of anilines is 1. The molecule has 0 amide bonds. The molecule has 0 radical (unpaired) electrons. The fourth-order valence-corrected chi connectivity index (χ4v) is 2.27. The second-order valence-electron chi connectivity index (χ2n) is 5.53. The largest absolute Gasteiger partial charge is 0.477 e. The molecule has 4 nitrogen and oxygen atoms in total. The predicted molar refractivity (Wildman–Crippen MR) is 89.1 cm³/mol. The summed E-state index contributed by atoms with van der Waals surface area (Å²) in [5.74, 6) is 3.11. The molecular weight excluding hydrogens is 262 g/mol.